The number of unbranched alkanes of at least 4 members (excludes halogenated alkanes) is 3. The number of carbonyl (C=O) groups is 1. The Kier molecular flexibility index (Phi) is 4.22. The Morgan fingerprint density at radius 2 is 2.23 bits per heavy atom. The molecule has 0 amide bonds. The third kappa shape index (κ3) is 3.77. The van der Waals surface area contributed by atoms with Crippen LogP contribution in [-0.2, 0) is 9.53 Å². The van der Waals surface area contributed by atoms with Gasteiger partial charge in [0.1, 0.15) is 0 Å². The summed E-state index contributed by atoms with van der Waals surface area (Å²) in [5.41, 5.74) is 0. The van der Waals surface area contributed by atoms with Gasteiger partial charge in [0.25, 0.3) is 0 Å². The van der Waals surface area contributed by atoms with E-state index in [0.717, 1.165) is 19.3 Å². The maximum Gasteiger partial charge on any atom is 0.309 e. The van der Waals surface area contributed by atoms with Gasteiger partial charge in [-0.25, -0.2) is 0 Å². The third-order valence-corrected chi connectivity index (χ3v) is 2.49. The van der Waals surface area contributed by atoms with Gasteiger partial charge in [0, 0.05) is 0 Å². The van der Waals surface area contributed by atoms with Gasteiger partial charge in [-0.3, -0.25) is 4.79 Å². The van der Waals surface area contributed by atoms with Crippen LogP contribution in [0, 0.1) is 5.92 Å². The highest BCUT2D eigenvalue weighted by Gasteiger charge is 2.37. The Morgan fingerprint density at radius 1 is 1.54 bits per heavy atom. The standard InChI is InChI=1S/C10H18O3/c1-2-3-4-5-6-8(10(11)12)9-7-13-9/h8-9H,2-7H2,1H3,(H,11,12). The molecule has 76 valence electrons. The number of carboxylic acids is 1. The fourth-order valence-electron chi connectivity index (χ4n) is 1.55. The van der Waals surface area contributed by atoms with Gasteiger partial charge in [-0.15, -0.1) is 0 Å². The molecule has 1 heterocycles. The molecule has 0 aromatic rings. The van der Waals surface area contributed by atoms with Crippen LogP contribution in [-0.4, -0.2) is 23.8 Å². The molecule has 13 heavy (non-hydrogen) atoms. The molecule has 2 atom stereocenters. The van der Waals surface area contributed by atoms with E-state index in [0.29, 0.717) is 6.61 Å². The molecule has 0 spiro atoms. The largest absolute Gasteiger partial charge is 0.481 e. The van der Waals surface area contributed by atoms with Crippen LogP contribution in [0.3, 0.4) is 0 Å². The van der Waals surface area contributed by atoms with E-state index in [1.165, 1.54) is 12.8 Å². The quantitative estimate of drug-likeness (QED) is 0.489. The molecular formula is C10H18O3. The van der Waals surface area contributed by atoms with Crippen molar-refractivity contribution in [3.05, 3.63) is 0 Å². The lowest BCUT2D eigenvalue weighted by Crippen LogP contribution is -2.19. The van der Waals surface area contributed by atoms with E-state index in [4.69, 9.17) is 9.84 Å². The molecule has 1 N–H and O–H groups in total. The Bertz CT molecular complexity index is 164. The molecule has 0 aromatic heterocycles. The second kappa shape index (κ2) is 5.22. The normalized spacial score (nSPS) is 22.7. The summed E-state index contributed by atoms with van der Waals surface area (Å²) in [5, 5.41) is 8.86. The summed E-state index contributed by atoms with van der Waals surface area (Å²) in [6.45, 7) is 2.80. The van der Waals surface area contributed by atoms with Gasteiger partial charge in [0.15, 0.2) is 0 Å². The summed E-state index contributed by atoms with van der Waals surface area (Å²) in [6, 6.07) is 0. The fraction of sp³-hybridized carbons (Fsp3) is 0.900. The summed E-state index contributed by atoms with van der Waals surface area (Å²) in [5.74, 6) is -0.948. The van der Waals surface area contributed by atoms with Crippen molar-refractivity contribution in [1.82, 2.24) is 0 Å². The molecule has 0 saturated carbocycles. The van der Waals surface area contributed by atoms with Crippen molar-refractivity contribution in [2.75, 3.05) is 6.61 Å². The second-order valence-corrected chi connectivity index (χ2v) is 3.67. The third-order valence-electron chi connectivity index (χ3n) is 2.49. The zero-order valence-corrected chi connectivity index (χ0v) is 8.16. The van der Waals surface area contributed by atoms with E-state index < -0.39 is 5.97 Å². The Labute approximate surface area is 79.1 Å². The van der Waals surface area contributed by atoms with Crippen molar-refractivity contribution in [3.8, 4) is 0 Å². The zero-order valence-electron chi connectivity index (χ0n) is 8.16. The smallest absolute Gasteiger partial charge is 0.309 e. The summed E-state index contributed by atoms with van der Waals surface area (Å²) in [7, 11) is 0. The molecule has 1 rings (SSSR count). The topological polar surface area (TPSA) is 49.8 Å². The molecule has 0 radical (unpaired) electrons. The number of hydrogen-bond acceptors (Lipinski definition) is 2. The molecular weight excluding hydrogens is 168 g/mol. The lowest BCUT2D eigenvalue weighted by atomic mass is 9.98. The lowest BCUT2D eigenvalue weighted by molar-refractivity contribution is -0.142. The van der Waals surface area contributed by atoms with Crippen molar-refractivity contribution in [1.29, 1.82) is 0 Å². The summed E-state index contributed by atoms with van der Waals surface area (Å²) >= 11 is 0. The van der Waals surface area contributed by atoms with E-state index in [2.05, 4.69) is 6.92 Å². The van der Waals surface area contributed by atoms with E-state index in [9.17, 15) is 4.79 Å². The maximum atomic E-state index is 10.8. The maximum absolute atomic E-state index is 10.8. The van der Waals surface area contributed by atoms with Gasteiger partial charge < -0.3 is 9.84 Å². The Balaban J connectivity index is 2.11. The van der Waals surface area contributed by atoms with Crippen LogP contribution in [0.1, 0.15) is 39.0 Å². The average Bonchev–Trinajstić information content (AvgIpc) is 2.87. The number of epoxide rings is 1. The minimum Gasteiger partial charge on any atom is -0.481 e. The van der Waals surface area contributed by atoms with Gasteiger partial charge in [-0.05, 0) is 6.42 Å². The second-order valence-electron chi connectivity index (χ2n) is 3.67. The predicted octanol–water partition coefficient (Wildman–Crippen LogP) is 2.06. The molecule has 1 fully saturated rings. The van der Waals surface area contributed by atoms with Crippen LogP contribution in [0.15, 0.2) is 0 Å². The highest BCUT2D eigenvalue weighted by molar-refractivity contribution is 5.71. The number of ether oxygens (including phenoxy) is 1. The molecule has 2 unspecified atom stereocenters. The Morgan fingerprint density at radius 3 is 2.69 bits per heavy atom. The van der Waals surface area contributed by atoms with Crippen molar-refractivity contribution >= 4 is 5.97 Å². The number of rotatable bonds is 7. The molecule has 0 aliphatic carbocycles. The van der Waals surface area contributed by atoms with Gasteiger partial charge in [0.2, 0.25) is 0 Å². The summed E-state index contributed by atoms with van der Waals surface area (Å²) in [6.07, 6.45) is 5.35. The van der Waals surface area contributed by atoms with Crippen molar-refractivity contribution in [2.45, 2.75) is 45.1 Å². The molecule has 3 heteroatoms. The number of hydrogen-bond donors (Lipinski definition) is 1. The van der Waals surface area contributed by atoms with Crippen LogP contribution in [0.4, 0.5) is 0 Å². The van der Waals surface area contributed by atoms with Crippen LogP contribution in [0.5, 0.6) is 0 Å². The van der Waals surface area contributed by atoms with Gasteiger partial charge in [-0.2, -0.15) is 0 Å². The molecule has 1 saturated heterocycles. The van der Waals surface area contributed by atoms with Crippen LogP contribution in [0.25, 0.3) is 0 Å². The first-order valence-electron chi connectivity index (χ1n) is 5.10. The summed E-state index contributed by atoms with van der Waals surface area (Å²) in [4.78, 5) is 10.8. The van der Waals surface area contributed by atoms with E-state index in [1.807, 2.05) is 0 Å². The van der Waals surface area contributed by atoms with Gasteiger partial charge >= 0.3 is 5.97 Å². The van der Waals surface area contributed by atoms with Crippen LogP contribution < -0.4 is 0 Å². The lowest BCUT2D eigenvalue weighted by Gasteiger charge is -2.07. The first-order valence-corrected chi connectivity index (χ1v) is 5.10. The van der Waals surface area contributed by atoms with Gasteiger partial charge in [0.05, 0.1) is 18.6 Å². The van der Waals surface area contributed by atoms with Crippen LogP contribution in [0.2, 0.25) is 0 Å². The number of aliphatic carboxylic acids is 1. The minimum absolute atomic E-state index is 0.0131. The molecule has 1 aliphatic heterocycles. The first-order chi connectivity index (χ1) is 6.25. The number of carboxylic acid groups (broad SMARTS) is 1. The SMILES string of the molecule is CCCCCCC(C(=O)O)C1CO1. The highest BCUT2D eigenvalue weighted by atomic mass is 16.6. The van der Waals surface area contributed by atoms with E-state index >= 15 is 0 Å². The fourth-order valence-corrected chi connectivity index (χ4v) is 1.55. The van der Waals surface area contributed by atoms with Crippen molar-refractivity contribution in [3.63, 3.8) is 0 Å². The Hall–Kier alpha value is -0.570. The minimum atomic E-state index is -0.695. The first kappa shape index (κ1) is 10.5. The molecule has 1 aliphatic rings. The monoisotopic (exact) mass is 186 g/mol. The van der Waals surface area contributed by atoms with E-state index in [-0.39, 0.29) is 12.0 Å². The van der Waals surface area contributed by atoms with Crippen LogP contribution >= 0.6 is 0 Å². The zero-order chi connectivity index (χ0) is 9.68. The average molecular weight is 186 g/mol. The highest BCUT2D eigenvalue weighted by Crippen LogP contribution is 2.25. The van der Waals surface area contributed by atoms with Gasteiger partial charge in [-0.1, -0.05) is 32.6 Å². The molecule has 0 bridgehead atoms. The van der Waals surface area contributed by atoms with E-state index in [1.54, 1.807) is 0 Å². The van der Waals surface area contributed by atoms with Crippen molar-refractivity contribution in [2.24, 2.45) is 5.92 Å². The molecule has 0 aromatic carbocycles. The predicted molar refractivity (Wildman–Crippen MR) is 49.6 cm³/mol. The van der Waals surface area contributed by atoms with Crippen molar-refractivity contribution < 1.29 is 14.6 Å². The molecule has 3 nitrogen and oxygen atoms in total. The summed E-state index contributed by atoms with van der Waals surface area (Å²) < 4.78 is 5.01.